The molecule has 1 fully saturated rings. The summed E-state index contributed by atoms with van der Waals surface area (Å²) in [4.78, 5) is 45.4. The van der Waals surface area contributed by atoms with E-state index in [0.717, 1.165) is 16.9 Å². The Labute approximate surface area is 249 Å². The summed E-state index contributed by atoms with van der Waals surface area (Å²) in [5.41, 5.74) is 3.36. The second-order valence-corrected chi connectivity index (χ2v) is 10.6. The van der Waals surface area contributed by atoms with Gasteiger partial charge in [-0.15, -0.1) is 6.58 Å². The van der Waals surface area contributed by atoms with E-state index >= 15 is 0 Å². The number of carbonyl (C=O) groups excluding carboxylic acids is 1. The number of carbonyl (C=O) groups is 1. The summed E-state index contributed by atoms with van der Waals surface area (Å²) in [5, 5.41) is 13.8. The van der Waals surface area contributed by atoms with E-state index in [2.05, 4.69) is 21.8 Å². The number of benzene rings is 1. The molecule has 4 aromatic rings. The van der Waals surface area contributed by atoms with Crippen molar-refractivity contribution in [3.05, 3.63) is 76.9 Å². The van der Waals surface area contributed by atoms with Gasteiger partial charge in [-0.05, 0) is 44.4 Å². The predicted octanol–water partition coefficient (Wildman–Crippen LogP) is 1.76. The molecule has 1 aliphatic heterocycles. The van der Waals surface area contributed by atoms with Gasteiger partial charge in [0, 0.05) is 63.0 Å². The van der Waals surface area contributed by atoms with Crippen LogP contribution in [0, 0.1) is 0 Å². The molecule has 1 aromatic carbocycles. The van der Waals surface area contributed by atoms with Crippen molar-refractivity contribution in [2.75, 3.05) is 64.2 Å². The first-order valence-corrected chi connectivity index (χ1v) is 14.1. The first kappa shape index (κ1) is 29.9. The number of rotatable bonds is 11. The number of hydrogen-bond donors (Lipinski definition) is 2. The molecule has 226 valence electrons. The number of ether oxygens (including phenoxy) is 1. The Morgan fingerprint density at radius 1 is 1.16 bits per heavy atom. The highest BCUT2D eigenvalue weighted by atomic mass is 16.5. The molecule has 0 unspecified atom stereocenters. The lowest BCUT2D eigenvalue weighted by molar-refractivity contribution is -0.135. The maximum Gasteiger partial charge on any atom is 0.278 e. The molecule has 0 radical (unpaired) electrons. The van der Waals surface area contributed by atoms with Gasteiger partial charge in [0.1, 0.15) is 12.0 Å². The third-order valence-corrected chi connectivity index (χ3v) is 7.21. The second kappa shape index (κ2) is 13.2. The van der Waals surface area contributed by atoms with Gasteiger partial charge in [0.2, 0.25) is 11.9 Å². The van der Waals surface area contributed by atoms with Crippen molar-refractivity contribution in [3.8, 4) is 5.82 Å². The normalized spacial score (nSPS) is 13.6. The SMILES string of the molecule is C=CCn1c(=O)c2cnc(Nc3ccc(N4CCN(C(=O)COC)CC4)c(CO)c3)nc2n1-c1cccc(CN(C)C)n1. The maximum atomic E-state index is 13.3. The Hall–Kier alpha value is -4.59. The van der Waals surface area contributed by atoms with E-state index < -0.39 is 0 Å². The third kappa shape index (κ3) is 6.43. The molecular weight excluding hydrogens is 550 g/mol. The zero-order valence-electron chi connectivity index (χ0n) is 24.7. The van der Waals surface area contributed by atoms with Crippen molar-refractivity contribution in [1.29, 1.82) is 0 Å². The topological polar surface area (TPSA) is 134 Å². The summed E-state index contributed by atoms with van der Waals surface area (Å²) < 4.78 is 8.21. The molecule has 0 aliphatic carbocycles. The number of piperazine rings is 1. The summed E-state index contributed by atoms with van der Waals surface area (Å²) in [6.07, 6.45) is 3.17. The largest absolute Gasteiger partial charge is 0.392 e. The van der Waals surface area contributed by atoms with Crippen LogP contribution in [-0.4, -0.2) is 99.1 Å². The minimum Gasteiger partial charge on any atom is -0.392 e. The predicted molar refractivity (Wildman–Crippen MR) is 165 cm³/mol. The third-order valence-electron chi connectivity index (χ3n) is 7.21. The molecule has 3 aromatic heterocycles. The van der Waals surface area contributed by atoms with Crippen LogP contribution < -0.4 is 15.8 Å². The molecule has 1 saturated heterocycles. The zero-order valence-corrected chi connectivity index (χ0v) is 24.7. The monoisotopic (exact) mass is 587 g/mol. The molecule has 4 heterocycles. The van der Waals surface area contributed by atoms with Crippen molar-refractivity contribution in [2.45, 2.75) is 19.7 Å². The Morgan fingerprint density at radius 2 is 1.95 bits per heavy atom. The number of nitrogens with one attached hydrogen (secondary N) is 1. The summed E-state index contributed by atoms with van der Waals surface area (Å²) >= 11 is 0. The summed E-state index contributed by atoms with van der Waals surface area (Å²) in [5.74, 6) is 0.834. The van der Waals surface area contributed by atoms with Crippen LogP contribution in [0.15, 0.2) is 60.0 Å². The number of nitrogens with zero attached hydrogens (tertiary/aromatic N) is 8. The van der Waals surface area contributed by atoms with Gasteiger partial charge in [-0.25, -0.2) is 19.3 Å². The summed E-state index contributed by atoms with van der Waals surface area (Å²) in [6.45, 7) is 7.11. The quantitative estimate of drug-likeness (QED) is 0.250. The lowest BCUT2D eigenvalue weighted by Crippen LogP contribution is -2.50. The Balaban J connectivity index is 1.43. The molecule has 43 heavy (non-hydrogen) atoms. The van der Waals surface area contributed by atoms with Gasteiger partial charge in [0.15, 0.2) is 11.5 Å². The fraction of sp³-hybridized carbons (Fsp3) is 0.367. The number of anilines is 3. The molecule has 0 bridgehead atoms. The number of fused-ring (bicyclic) bond motifs is 1. The van der Waals surface area contributed by atoms with Crippen molar-refractivity contribution < 1.29 is 14.6 Å². The number of aliphatic hydroxyl groups excluding tert-OH is 1. The van der Waals surface area contributed by atoms with E-state index in [1.54, 1.807) is 20.3 Å². The van der Waals surface area contributed by atoms with Crippen LogP contribution in [0.4, 0.5) is 17.3 Å². The number of aromatic nitrogens is 5. The van der Waals surface area contributed by atoms with E-state index in [9.17, 15) is 14.7 Å². The van der Waals surface area contributed by atoms with Gasteiger partial charge >= 0.3 is 0 Å². The van der Waals surface area contributed by atoms with Crippen LogP contribution in [0.5, 0.6) is 0 Å². The van der Waals surface area contributed by atoms with E-state index in [-0.39, 0.29) is 31.2 Å². The standard InChI is InChI=1S/C30H37N9O4/c1-5-11-38-29(42)24-17-31-30(34-28(24)39(38)26-8-6-7-23(32-26)18-35(2)3)33-22-9-10-25(21(16-22)19-40)36-12-14-37(15-13-36)27(41)20-43-4/h5-10,16-17,40H,1,11-15,18-20H2,2-4H3,(H,31,33,34). The van der Waals surface area contributed by atoms with Gasteiger partial charge in [-0.2, -0.15) is 4.98 Å². The van der Waals surface area contributed by atoms with Crippen molar-refractivity contribution in [1.82, 2.24) is 34.1 Å². The van der Waals surface area contributed by atoms with Gasteiger partial charge in [0.25, 0.3) is 5.56 Å². The molecule has 0 spiro atoms. The van der Waals surface area contributed by atoms with Crippen molar-refractivity contribution >= 4 is 34.3 Å². The first-order valence-electron chi connectivity index (χ1n) is 14.1. The van der Waals surface area contributed by atoms with Gasteiger partial charge < -0.3 is 29.9 Å². The van der Waals surface area contributed by atoms with Gasteiger partial charge in [0.05, 0.1) is 18.8 Å². The average molecular weight is 588 g/mol. The number of amides is 1. The molecule has 1 amide bonds. The average Bonchev–Trinajstić information content (AvgIpc) is 3.27. The van der Waals surface area contributed by atoms with Crippen molar-refractivity contribution in [2.24, 2.45) is 0 Å². The fourth-order valence-electron chi connectivity index (χ4n) is 5.24. The second-order valence-electron chi connectivity index (χ2n) is 10.6. The lowest BCUT2D eigenvalue weighted by atomic mass is 10.1. The van der Waals surface area contributed by atoms with Crippen LogP contribution in [0.25, 0.3) is 16.9 Å². The minimum atomic E-state index is -0.239. The van der Waals surface area contributed by atoms with Crippen LogP contribution in [0.2, 0.25) is 0 Å². The first-order chi connectivity index (χ1) is 20.8. The molecule has 13 heteroatoms. The summed E-state index contributed by atoms with van der Waals surface area (Å²) in [7, 11) is 5.46. The molecule has 0 saturated carbocycles. The lowest BCUT2D eigenvalue weighted by Gasteiger charge is -2.37. The van der Waals surface area contributed by atoms with E-state index in [1.165, 1.54) is 13.3 Å². The van der Waals surface area contributed by atoms with E-state index in [4.69, 9.17) is 14.7 Å². The fourth-order valence-corrected chi connectivity index (χ4v) is 5.24. The highest BCUT2D eigenvalue weighted by Gasteiger charge is 2.23. The molecular formula is C30H37N9O4. The van der Waals surface area contributed by atoms with Gasteiger partial charge in [-0.3, -0.25) is 9.59 Å². The molecule has 13 nitrogen and oxygen atoms in total. The van der Waals surface area contributed by atoms with Crippen LogP contribution in [-0.2, 0) is 29.2 Å². The smallest absolute Gasteiger partial charge is 0.278 e. The highest BCUT2D eigenvalue weighted by molar-refractivity contribution is 5.78. The Kier molecular flexibility index (Phi) is 9.14. The van der Waals surface area contributed by atoms with Crippen LogP contribution >= 0.6 is 0 Å². The Morgan fingerprint density at radius 3 is 2.65 bits per heavy atom. The van der Waals surface area contributed by atoms with Crippen LogP contribution in [0.3, 0.4) is 0 Å². The van der Waals surface area contributed by atoms with Gasteiger partial charge in [-0.1, -0.05) is 12.1 Å². The number of aliphatic hydroxyl groups is 1. The molecule has 5 rings (SSSR count). The van der Waals surface area contributed by atoms with E-state index in [1.807, 2.05) is 55.4 Å². The molecule has 0 atom stereocenters. The molecule has 1 aliphatic rings. The highest BCUT2D eigenvalue weighted by Crippen LogP contribution is 2.27. The number of methoxy groups -OCH3 is 1. The number of allylic oxidation sites excluding steroid dienone is 1. The van der Waals surface area contributed by atoms with E-state index in [0.29, 0.717) is 61.2 Å². The number of pyridine rings is 1. The minimum absolute atomic E-state index is 0.0247. The summed E-state index contributed by atoms with van der Waals surface area (Å²) in [6, 6.07) is 11.4. The Bertz CT molecular complexity index is 1670. The van der Waals surface area contributed by atoms with Crippen LogP contribution in [0.1, 0.15) is 11.3 Å². The number of hydrogen-bond acceptors (Lipinski definition) is 10. The molecule has 2 N–H and O–H groups in total. The van der Waals surface area contributed by atoms with Crippen molar-refractivity contribution in [3.63, 3.8) is 0 Å². The maximum absolute atomic E-state index is 13.3. The zero-order chi connectivity index (χ0) is 30.5.